The number of rotatable bonds is 4. The second-order valence-electron chi connectivity index (χ2n) is 8.26. The lowest BCUT2D eigenvalue weighted by Crippen LogP contribution is -2.51. The lowest BCUT2D eigenvalue weighted by molar-refractivity contribution is -0.0660. The van der Waals surface area contributed by atoms with Gasteiger partial charge in [0.15, 0.2) is 0 Å². The molecular formula is C23H27Cl3N2O. The number of aliphatic hydroxyl groups is 1. The van der Waals surface area contributed by atoms with Gasteiger partial charge in [0.25, 0.3) is 0 Å². The summed E-state index contributed by atoms with van der Waals surface area (Å²) in [6.07, 6.45) is 3.96. The molecule has 2 aliphatic rings. The maximum Gasteiger partial charge on any atom is 0.0937 e. The Hall–Kier alpha value is -0.970. The zero-order chi connectivity index (χ0) is 20.4. The zero-order valence-corrected chi connectivity index (χ0v) is 18.7. The summed E-state index contributed by atoms with van der Waals surface area (Å²) < 4.78 is 0. The Balaban J connectivity index is 1.45. The molecule has 156 valence electrons. The second-order valence-corrected chi connectivity index (χ2v) is 9.54. The highest BCUT2D eigenvalue weighted by Gasteiger charge is 2.41. The predicted octanol–water partition coefficient (Wildman–Crippen LogP) is 5.85. The smallest absolute Gasteiger partial charge is 0.0937 e. The Kier molecular flexibility index (Phi) is 6.62. The van der Waals surface area contributed by atoms with Gasteiger partial charge in [-0.25, -0.2) is 0 Å². The Labute approximate surface area is 188 Å². The first-order valence-corrected chi connectivity index (χ1v) is 11.5. The summed E-state index contributed by atoms with van der Waals surface area (Å²) in [6, 6.07) is 13.5. The molecule has 1 N–H and O–H groups in total. The highest BCUT2D eigenvalue weighted by molar-refractivity contribution is 6.34. The number of piperazine rings is 1. The van der Waals surface area contributed by atoms with E-state index in [0.717, 1.165) is 74.7 Å². The molecule has 0 aromatic heterocycles. The van der Waals surface area contributed by atoms with E-state index in [-0.39, 0.29) is 5.92 Å². The average molecular weight is 454 g/mol. The molecule has 1 heterocycles. The van der Waals surface area contributed by atoms with Crippen LogP contribution in [0.1, 0.15) is 31.2 Å². The van der Waals surface area contributed by atoms with Gasteiger partial charge < -0.3 is 10.0 Å². The molecule has 1 aliphatic heterocycles. The molecule has 0 bridgehead atoms. The largest absolute Gasteiger partial charge is 0.385 e. The van der Waals surface area contributed by atoms with E-state index in [2.05, 4.69) is 15.9 Å². The first-order valence-electron chi connectivity index (χ1n) is 10.4. The number of hydrogen-bond donors (Lipinski definition) is 1. The van der Waals surface area contributed by atoms with Crippen LogP contribution in [0.15, 0.2) is 42.5 Å². The molecule has 29 heavy (non-hydrogen) atoms. The van der Waals surface area contributed by atoms with Crippen molar-refractivity contribution < 1.29 is 5.11 Å². The molecule has 2 fully saturated rings. The van der Waals surface area contributed by atoms with Gasteiger partial charge in [0.2, 0.25) is 0 Å². The molecule has 1 aliphatic carbocycles. The molecule has 0 spiro atoms. The van der Waals surface area contributed by atoms with Crippen LogP contribution in [0.3, 0.4) is 0 Å². The van der Waals surface area contributed by atoms with Crippen LogP contribution in [0.5, 0.6) is 0 Å². The summed E-state index contributed by atoms with van der Waals surface area (Å²) in [4.78, 5) is 4.82. The quantitative estimate of drug-likeness (QED) is 0.629. The highest BCUT2D eigenvalue weighted by Crippen LogP contribution is 2.43. The van der Waals surface area contributed by atoms with Crippen LogP contribution < -0.4 is 4.90 Å². The van der Waals surface area contributed by atoms with E-state index in [0.29, 0.717) is 10.0 Å². The first kappa shape index (κ1) is 21.3. The van der Waals surface area contributed by atoms with Crippen LogP contribution >= 0.6 is 34.8 Å². The monoisotopic (exact) mass is 452 g/mol. The second kappa shape index (κ2) is 9.03. The summed E-state index contributed by atoms with van der Waals surface area (Å²) in [5.74, 6) is 0.178. The summed E-state index contributed by atoms with van der Waals surface area (Å²) in [6.45, 7) is 4.70. The SMILES string of the molecule is OC1(c2cc(Cl)cc(Cl)c2)CCCCC1CN1CCN(c2ccccc2Cl)CC1. The number of nitrogens with zero attached hydrogens (tertiary/aromatic N) is 2. The Morgan fingerprint density at radius 2 is 1.62 bits per heavy atom. The summed E-state index contributed by atoms with van der Waals surface area (Å²) in [5, 5.41) is 13.6. The van der Waals surface area contributed by atoms with Crippen LogP contribution in [0.25, 0.3) is 0 Å². The fourth-order valence-electron chi connectivity index (χ4n) is 4.85. The number of para-hydroxylation sites is 1. The molecule has 4 rings (SSSR count). The molecule has 3 nitrogen and oxygen atoms in total. The molecule has 2 aromatic carbocycles. The number of benzene rings is 2. The van der Waals surface area contributed by atoms with Crippen molar-refractivity contribution in [1.82, 2.24) is 4.90 Å². The lowest BCUT2D eigenvalue weighted by atomic mass is 9.71. The Morgan fingerprint density at radius 3 is 2.31 bits per heavy atom. The van der Waals surface area contributed by atoms with Crippen LogP contribution in [-0.4, -0.2) is 42.7 Å². The molecule has 1 saturated carbocycles. The van der Waals surface area contributed by atoms with E-state index in [1.165, 1.54) is 0 Å². The molecule has 0 radical (unpaired) electrons. The van der Waals surface area contributed by atoms with Gasteiger partial charge in [-0.1, -0.05) is 59.8 Å². The molecule has 0 amide bonds. The van der Waals surface area contributed by atoms with Crippen molar-refractivity contribution in [2.75, 3.05) is 37.6 Å². The molecule has 6 heteroatoms. The molecule has 2 unspecified atom stereocenters. The van der Waals surface area contributed by atoms with Crippen LogP contribution in [0.4, 0.5) is 5.69 Å². The summed E-state index contributed by atoms with van der Waals surface area (Å²) >= 11 is 18.8. The van der Waals surface area contributed by atoms with Crippen molar-refractivity contribution in [2.45, 2.75) is 31.3 Å². The van der Waals surface area contributed by atoms with Crippen molar-refractivity contribution in [3.05, 3.63) is 63.1 Å². The van der Waals surface area contributed by atoms with E-state index < -0.39 is 5.60 Å². The minimum absolute atomic E-state index is 0.178. The standard InChI is InChI=1S/C23H27Cl3N2O/c24-19-13-18(14-20(25)15-19)23(29)8-4-3-5-17(23)16-27-9-11-28(12-10-27)22-7-2-1-6-21(22)26/h1-2,6-7,13-15,17,29H,3-5,8-12,16H2. The third-order valence-corrected chi connectivity index (χ3v) is 7.20. The zero-order valence-electron chi connectivity index (χ0n) is 16.5. The molecule has 2 aromatic rings. The topological polar surface area (TPSA) is 26.7 Å². The number of halogens is 3. The van der Waals surface area contributed by atoms with Crippen molar-refractivity contribution in [3.63, 3.8) is 0 Å². The van der Waals surface area contributed by atoms with Crippen LogP contribution in [-0.2, 0) is 5.60 Å². The van der Waals surface area contributed by atoms with Crippen LogP contribution in [0, 0.1) is 5.92 Å². The molecule has 2 atom stereocenters. The number of anilines is 1. The van der Waals surface area contributed by atoms with E-state index in [9.17, 15) is 5.11 Å². The van der Waals surface area contributed by atoms with Gasteiger partial charge in [0.05, 0.1) is 16.3 Å². The van der Waals surface area contributed by atoms with Gasteiger partial charge in [0.1, 0.15) is 0 Å². The van der Waals surface area contributed by atoms with Crippen molar-refractivity contribution >= 4 is 40.5 Å². The first-order chi connectivity index (χ1) is 14.0. The van der Waals surface area contributed by atoms with Crippen molar-refractivity contribution in [1.29, 1.82) is 0 Å². The fourth-order valence-corrected chi connectivity index (χ4v) is 5.63. The molecular weight excluding hydrogens is 427 g/mol. The van der Waals surface area contributed by atoms with Crippen molar-refractivity contribution in [3.8, 4) is 0 Å². The number of hydrogen-bond acceptors (Lipinski definition) is 3. The van der Waals surface area contributed by atoms with E-state index in [1.54, 1.807) is 6.07 Å². The van der Waals surface area contributed by atoms with Gasteiger partial charge >= 0.3 is 0 Å². The van der Waals surface area contributed by atoms with Crippen molar-refractivity contribution in [2.24, 2.45) is 5.92 Å². The summed E-state index contributed by atoms with van der Waals surface area (Å²) in [7, 11) is 0. The van der Waals surface area contributed by atoms with Crippen LogP contribution in [0.2, 0.25) is 15.1 Å². The minimum atomic E-state index is -0.868. The van der Waals surface area contributed by atoms with Gasteiger partial charge in [-0.05, 0) is 48.7 Å². The Morgan fingerprint density at radius 1 is 0.931 bits per heavy atom. The maximum absolute atomic E-state index is 11.7. The predicted molar refractivity (Wildman–Crippen MR) is 122 cm³/mol. The third kappa shape index (κ3) is 4.70. The van der Waals surface area contributed by atoms with Gasteiger partial charge in [-0.2, -0.15) is 0 Å². The van der Waals surface area contributed by atoms with Gasteiger partial charge in [-0.3, -0.25) is 4.90 Å². The minimum Gasteiger partial charge on any atom is -0.385 e. The summed E-state index contributed by atoms with van der Waals surface area (Å²) in [5.41, 5.74) is 1.10. The molecule has 1 saturated heterocycles. The van der Waals surface area contributed by atoms with E-state index >= 15 is 0 Å². The fraction of sp³-hybridized carbons (Fsp3) is 0.478. The average Bonchev–Trinajstić information content (AvgIpc) is 2.70. The lowest BCUT2D eigenvalue weighted by Gasteiger charge is -2.45. The van der Waals surface area contributed by atoms with E-state index in [1.807, 2.05) is 30.3 Å². The normalized spacial score (nSPS) is 25.9. The third-order valence-electron chi connectivity index (χ3n) is 6.44. The Bertz CT molecular complexity index is 834. The van der Waals surface area contributed by atoms with Gasteiger partial charge in [0, 0.05) is 48.7 Å². The highest BCUT2D eigenvalue weighted by atomic mass is 35.5. The van der Waals surface area contributed by atoms with Gasteiger partial charge in [-0.15, -0.1) is 0 Å². The maximum atomic E-state index is 11.7. The van der Waals surface area contributed by atoms with E-state index in [4.69, 9.17) is 34.8 Å².